The van der Waals surface area contributed by atoms with Crippen molar-refractivity contribution in [3.05, 3.63) is 16.5 Å². The van der Waals surface area contributed by atoms with Crippen LogP contribution >= 0.6 is 15.9 Å². The number of hydrogen-bond acceptors (Lipinski definition) is 4. The van der Waals surface area contributed by atoms with Gasteiger partial charge in [0.15, 0.2) is 0 Å². The Balaban J connectivity index is 2.49. The van der Waals surface area contributed by atoms with Crippen molar-refractivity contribution in [2.24, 2.45) is 0 Å². The number of hydrogen-bond donors (Lipinski definition) is 0. The molecule has 0 bridgehead atoms. The number of aromatic nitrogens is 2. The van der Waals surface area contributed by atoms with Crippen LogP contribution < -0.4 is 4.74 Å². The van der Waals surface area contributed by atoms with E-state index >= 15 is 0 Å². The van der Waals surface area contributed by atoms with E-state index in [-0.39, 0.29) is 0 Å². The summed E-state index contributed by atoms with van der Waals surface area (Å²) in [5.41, 5.74) is 0. The van der Waals surface area contributed by atoms with Crippen LogP contribution in [0.25, 0.3) is 0 Å². The summed E-state index contributed by atoms with van der Waals surface area (Å²) in [5.74, 6) is 1.37. The molecule has 0 saturated heterocycles. The first-order valence-electron chi connectivity index (χ1n) is 5.00. The van der Waals surface area contributed by atoms with Crippen LogP contribution in [0.5, 0.6) is 5.88 Å². The minimum Gasteiger partial charge on any atom is -0.475 e. The molecule has 84 valence electrons. The van der Waals surface area contributed by atoms with Crippen LogP contribution in [-0.2, 0) is 11.2 Å². The predicted octanol–water partition coefficient (Wildman–Crippen LogP) is 2.22. The van der Waals surface area contributed by atoms with Crippen LogP contribution in [0.2, 0.25) is 0 Å². The van der Waals surface area contributed by atoms with E-state index in [2.05, 4.69) is 25.9 Å². The molecule has 0 saturated carbocycles. The molecule has 0 fully saturated rings. The molecule has 0 aromatic carbocycles. The van der Waals surface area contributed by atoms with Crippen LogP contribution in [0.15, 0.2) is 10.7 Å². The smallest absolute Gasteiger partial charge is 0.217 e. The summed E-state index contributed by atoms with van der Waals surface area (Å²) in [4.78, 5) is 8.42. The van der Waals surface area contributed by atoms with Gasteiger partial charge in [-0.25, -0.2) is 4.98 Å². The number of halogens is 1. The Kier molecular flexibility index (Phi) is 5.57. The lowest BCUT2D eigenvalue weighted by molar-refractivity contribution is 0.108. The standard InChI is InChI=1S/C10H15BrN2O2/c1-3-9-12-8(11)7-10(13-9)15-6-5-14-4-2/h7H,3-6H2,1-2H3. The molecule has 0 N–H and O–H groups in total. The monoisotopic (exact) mass is 274 g/mol. The largest absolute Gasteiger partial charge is 0.475 e. The van der Waals surface area contributed by atoms with Gasteiger partial charge in [-0.05, 0) is 22.9 Å². The van der Waals surface area contributed by atoms with Crippen LogP contribution in [0.1, 0.15) is 19.7 Å². The fourth-order valence-electron chi connectivity index (χ4n) is 1.02. The molecular weight excluding hydrogens is 260 g/mol. The maximum absolute atomic E-state index is 5.43. The number of rotatable bonds is 6. The summed E-state index contributed by atoms with van der Waals surface area (Å²) in [6, 6.07) is 1.76. The van der Waals surface area contributed by atoms with Crippen molar-refractivity contribution in [3.63, 3.8) is 0 Å². The van der Waals surface area contributed by atoms with Gasteiger partial charge in [0.2, 0.25) is 5.88 Å². The normalized spacial score (nSPS) is 10.3. The molecule has 0 radical (unpaired) electrons. The number of ether oxygens (including phenoxy) is 2. The molecule has 0 unspecified atom stereocenters. The summed E-state index contributed by atoms with van der Waals surface area (Å²) in [6.45, 7) is 5.76. The fourth-order valence-corrected chi connectivity index (χ4v) is 1.42. The van der Waals surface area contributed by atoms with Crippen molar-refractivity contribution >= 4 is 15.9 Å². The van der Waals surface area contributed by atoms with Crippen molar-refractivity contribution in [2.45, 2.75) is 20.3 Å². The third kappa shape index (κ3) is 4.57. The Morgan fingerprint density at radius 1 is 1.27 bits per heavy atom. The highest BCUT2D eigenvalue weighted by Crippen LogP contribution is 2.14. The summed E-state index contributed by atoms with van der Waals surface area (Å²) in [5, 5.41) is 0. The van der Waals surface area contributed by atoms with Gasteiger partial charge in [0.05, 0.1) is 6.61 Å². The van der Waals surface area contributed by atoms with Gasteiger partial charge in [-0.3, -0.25) is 0 Å². The molecular formula is C10H15BrN2O2. The van der Waals surface area contributed by atoms with Gasteiger partial charge in [0.1, 0.15) is 17.0 Å². The van der Waals surface area contributed by atoms with Crippen LogP contribution in [0.4, 0.5) is 0 Å². The lowest BCUT2D eigenvalue weighted by atomic mass is 10.4. The van der Waals surface area contributed by atoms with E-state index in [1.807, 2.05) is 13.8 Å². The summed E-state index contributed by atoms with van der Waals surface area (Å²) < 4.78 is 11.3. The van der Waals surface area contributed by atoms with Gasteiger partial charge in [-0.1, -0.05) is 6.92 Å². The molecule has 0 aliphatic carbocycles. The van der Waals surface area contributed by atoms with Crippen molar-refractivity contribution in [1.82, 2.24) is 9.97 Å². The molecule has 1 aromatic heterocycles. The topological polar surface area (TPSA) is 44.2 Å². The van der Waals surface area contributed by atoms with Crippen molar-refractivity contribution in [3.8, 4) is 5.88 Å². The molecule has 0 amide bonds. The van der Waals surface area contributed by atoms with E-state index in [0.717, 1.165) is 16.8 Å². The summed E-state index contributed by atoms with van der Waals surface area (Å²) >= 11 is 3.31. The molecule has 4 nitrogen and oxygen atoms in total. The molecule has 5 heteroatoms. The Morgan fingerprint density at radius 3 is 2.73 bits per heavy atom. The number of nitrogens with zero attached hydrogens (tertiary/aromatic N) is 2. The SMILES string of the molecule is CCOCCOc1cc(Br)nc(CC)n1. The second-order valence-corrected chi connectivity index (χ2v) is 3.66. The Bertz CT molecular complexity index is 307. The minimum atomic E-state index is 0.514. The minimum absolute atomic E-state index is 0.514. The molecule has 0 spiro atoms. The highest BCUT2D eigenvalue weighted by molar-refractivity contribution is 9.10. The quantitative estimate of drug-likeness (QED) is 0.590. The molecule has 0 atom stereocenters. The van der Waals surface area contributed by atoms with Crippen LogP contribution in [0.3, 0.4) is 0 Å². The first kappa shape index (κ1) is 12.4. The fraction of sp³-hybridized carbons (Fsp3) is 0.600. The Labute approximate surface area is 98.2 Å². The lowest BCUT2D eigenvalue weighted by Crippen LogP contribution is -2.08. The van der Waals surface area contributed by atoms with Crippen molar-refractivity contribution in [1.29, 1.82) is 0 Å². The van der Waals surface area contributed by atoms with Gasteiger partial charge in [-0.15, -0.1) is 0 Å². The zero-order valence-corrected chi connectivity index (χ0v) is 10.6. The third-order valence-corrected chi connectivity index (χ3v) is 2.12. The van der Waals surface area contributed by atoms with E-state index in [4.69, 9.17) is 9.47 Å². The average Bonchev–Trinajstić information content (AvgIpc) is 2.23. The highest BCUT2D eigenvalue weighted by Gasteiger charge is 2.02. The second-order valence-electron chi connectivity index (χ2n) is 2.84. The summed E-state index contributed by atoms with van der Waals surface area (Å²) in [6.07, 6.45) is 0.793. The van der Waals surface area contributed by atoms with E-state index in [1.54, 1.807) is 6.07 Å². The third-order valence-electron chi connectivity index (χ3n) is 1.72. The van der Waals surface area contributed by atoms with E-state index in [9.17, 15) is 0 Å². The van der Waals surface area contributed by atoms with E-state index in [1.165, 1.54) is 0 Å². The van der Waals surface area contributed by atoms with Crippen LogP contribution in [0, 0.1) is 0 Å². The first-order valence-corrected chi connectivity index (χ1v) is 5.79. The van der Waals surface area contributed by atoms with E-state index < -0.39 is 0 Å². The maximum atomic E-state index is 5.43. The second kappa shape index (κ2) is 6.74. The van der Waals surface area contributed by atoms with Gasteiger partial charge >= 0.3 is 0 Å². The Morgan fingerprint density at radius 2 is 2.07 bits per heavy atom. The zero-order chi connectivity index (χ0) is 11.1. The molecule has 1 rings (SSSR count). The molecule has 0 aliphatic heterocycles. The molecule has 1 heterocycles. The average molecular weight is 275 g/mol. The molecule has 1 aromatic rings. The highest BCUT2D eigenvalue weighted by atomic mass is 79.9. The predicted molar refractivity (Wildman–Crippen MR) is 61.1 cm³/mol. The van der Waals surface area contributed by atoms with Crippen LogP contribution in [-0.4, -0.2) is 29.8 Å². The maximum Gasteiger partial charge on any atom is 0.217 e. The van der Waals surface area contributed by atoms with Crippen molar-refractivity contribution < 1.29 is 9.47 Å². The Hall–Kier alpha value is -0.680. The summed E-state index contributed by atoms with van der Waals surface area (Å²) in [7, 11) is 0. The zero-order valence-electron chi connectivity index (χ0n) is 8.99. The van der Waals surface area contributed by atoms with Gasteiger partial charge in [-0.2, -0.15) is 4.98 Å². The van der Waals surface area contributed by atoms with Gasteiger partial charge in [0, 0.05) is 19.1 Å². The van der Waals surface area contributed by atoms with Crippen molar-refractivity contribution in [2.75, 3.05) is 19.8 Å². The first-order chi connectivity index (χ1) is 7.26. The lowest BCUT2D eigenvalue weighted by Gasteiger charge is -2.06. The van der Waals surface area contributed by atoms with Gasteiger partial charge < -0.3 is 9.47 Å². The number of aryl methyl sites for hydroxylation is 1. The van der Waals surface area contributed by atoms with E-state index in [0.29, 0.717) is 25.7 Å². The molecule has 15 heavy (non-hydrogen) atoms. The van der Waals surface area contributed by atoms with Gasteiger partial charge in [0.25, 0.3) is 0 Å². The molecule has 0 aliphatic rings.